The van der Waals surface area contributed by atoms with Crippen molar-refractivity contribution in [3.8, 4) is 11.5 Å². The lowest BCUT2D eigenvalue weighted by atomic mass is 10.0. The number of carbonyl (C=O) groups excluding carboxylic acids is 1. The van der Waals surface area contributed by atoms with E-state index >= 15 is 0 Å². The van der Waals surface area contributed by atoms with Crippen LogP contribution in [0.15, 0.2) is 18.2 Å². The second kappa shape index (κ2) is 9.23. The van der Waals surface area contributed by atoms with Gasteiger partial charge in [0.1, 0.15) is 0 Å². The van der Waals surface area contributed by atoms with Crippen molar-refractivity contribution in [3.05, 3.63) is 23.8 Å². The molecule has 0 heterocycles. The van der Waals surface area contributed by atoms with Crippen molar-refractivity contribution in [3.63, 3.8) is 0 Å². The summed E-state index contributed by atoms with van der Waals surface area (Å²) in [5.74, 6) is 1.42. The largest absolute Gasteiger partial charge is 0.493 e. The lowest BCUT2D eigenvalue weighted by Gasteiger charge is -2.14. The zero-order valence-corrected chi connectivity index (χ0v) is 13.1. The van der Waals surface area contributed by atoms with E-state index in [1.807, 2.05) is 18.2 Å². The number of hydrogen-bond acceptors (Lipinski definition) is 4. The summed E-state index contributed by atoms with van der Waals surface area (Å²) < 4.78 is 11.0. The van der Waals surface area contributed by atoms with E-state index in [0.29, 0.717) is 30.9 Å². The first-order valence-corrected chi connectivity index (χ1v) is 7.36. The van der Waals surface area contributed by atoms with E-state index in [1.54, 1.807) is 14.2 Å². The molecule has 1 atom stereocenters. The molecular weight excluding hydrogens is 268 g/mol. The van der Waals surface area contributed by atoms with E-state index in [2.05, 4.69) is 12.2 Å². The third kappa shape index (κ3) is 6.04. The number of hydrogen-bond donors (Lipinski definition) is 2. The Labute approximate surface area is 126 Å². The van der Waals surface area contributed by atoms with E-state index in [-0.39, 0.29) is 11.9 Å². The number of carbonyl (C=O) groups is 1. The Morgan fingerprint density at radius 1 is 1.38 bits per heavy atom. The molecule has 0 radical (unpaired) electrons. The molecule has 118 valence electrons. The van der Waals surface area contributed by atoms with Crippen molar-refractivity contribution in [2.75, 3.05) is 20.8 Å². The average molecular weight is 294 g/mol. The van der Waals surface area contributed by atoms with Crippen LogP contribution in [0.2, 0.25) is 0 Å². The number of rotatable bonds is 9. The Morgan fingerprint density at radius 2 is 2.14 bits per heavy atom. The van der Waals surface area contributed by atoms with Gasteiger partial charge in [-0.1, -0.05) is 13.0 Å². The maximum atomic E-state index is 11.1. The van der Waals surface area contributed by atoms with Crippen LogP contribution in [-0.2, 0) is 11.2 Å². The van der Waals surface area contributed by atoms with Crippen LogP contribution >= 0.6 is 0 Å². The van der Waals surface area contributed by atoms with Gasteiger partial charge in [-0.2, -0.15) is 0 Å². The van der Waals surface area contributed by atoms with Gasteiger partial charge >= 0.3 is 0 Å². The molecule has 0 bridgehead atoms. The highest BCUT2D eigenvalue weighted by Crippen LogP contribution is 2.28. The van der Waals surface area contributed by atoms with Crippen molar-refractivity contribution >= 4 is 5.91 Å². The summed E-state index contributed by atoms with van der Waals surface area (Å²) in [6, 6.07) is 6.02. The fourth-order valence-electron chi connectivity index (χ4n) is 1.95. The number of amides is 1. The molecule has 5 heteroatoms. The predicted octanol–water partition coefficient (Wildman–Crippen LogP) is 1.88. The van der Waals surface area contributed by atoms with Gasteiger partial charge in [0, 0.05) is 19.5 Å². The number of nitrogens with one attached hydrogen (secondary N) is 1. The second-order valence-corrected chi connectivity index (χ2v) is 4.98. The monoisotopic (exact) mass is 294 g/mol. The molecule has 21 heavy (non-hydrogen) atoms. The van der Waals surface area contributed by atoms with Crippen LogP contribution < -0.4 is 20.5 Å². The molecule has 1 aromatic carbocycles. The van der Waals surface area contributed by atoms with Gasteiger partial charge in [-0.05, 0) is 37.0 Å². The summed E-state index contributed by atoms with van der Waals surface area (Å²) in [7, 11) is 3.25. The Bertz CT molecular complexity index is 449. The molecule has 1 unspecified atom stereocenters. The summed E-state index contributed by atoms with van der Waals surface area (Å²) in [5.41, 5.74) is 7.11. The zero-order valence-electron chi connectivity index (χ0n) is 13.1. The number of ether oxygens (including phenoxy) is 2. The van der Waals surface area contributed by atoms with Crippen LogP contribution in [0.5, 0.6) is 11.5 Å². The van der Waals surface area contributed by atoms with E-state index < -0.39 is 0 Å². The molecule has 1 rings (SSSR count). The summed E-state index contributed by atoms with van der Waals surface area (Å²) in [4.78, 5) is 11.1. The van der Waals surface area contributed by atoms with Crippen LogP contribution in [0, 0.1) is 0 Å². The second-order valence-electron chi connectivity index (χ2n) is 4.98. The van der Waals surface area contributed by atoms with Gasteiger partial charge in [-0.15, -0.1) is 0 Å². The maximum Gasteiger partial charge on any atom is 0.219 e. The molecule has 0 aliphatic carbocycles. The lowest BCUT2D eigenvalue weighted by Crippen LogP contribution is -2.21. The smallest absolute Gasteiger partial charge is 0.219 e. The Hall–Kier alpha value is -1.75. The topological polar surface area (TPSA) is 73.6 Å². The highest BCUT2D eigenvalue weighted by Gasteiger charge is 2.08. The quantitative estimate of drug-likeness (QED) is 0.682. The molecule has 0 saturated heterocycles. The van der Waals surface area contributed by atoms with E-state index in [1.165, 1.54) is 0 Å². The number of benzene rings is 1. The summed E-state index contributed by atoms with van der Waals surface area (Å²) >= 11 is 0. The van der Waals surface area contributed by atoms with Crippen LogP contribution in [0.25, 0.3) is 0 Å². The van der Waals surface area contributed by atoms with Crippen LogP contribution in [0.4, 0.5) is 0 Å². The molecule has 0 saturated carbocycles. The first-order chi connectivity index (χ1) is 10.1. The minimum atomic E-state index is 0.0215. The van der Waals surface area contributed by atoms with Crippen LogP contribution in [0.3, 0.4) is 0 Å². The highest BCUT2D eigenvalue weighted by molar-refractivity contribution is 5.75. The summed E-state index contributed by atoms with van der Waals surface area (Å²) in [6.07, 6.45) is 2.88. The van der Waals surface area contributed by atoms with Gasteiger partial charge in [-0.3, -0.25) is 4.79 Å². The van der Waals surface area contributed by atoms with E-state index in [9.17, 15) is 4.79 Å². The molecule has 3 N–H and O–H groups in total. The highest BCUT2D eigenvalue weighted by atomic mass is 16.5. The minimum absolute atomic E-state index is 0.0215. The lowest BCUT2D eigenvalue weighted by molar-refractivity contribution is -0.120. The summed E-state index contributed by atoms with van der Waals surface area (Å²) in [6.45, 7) is 2.55. The average Bonchev–Trinajstić information content (AvgIpc) is 2.51. The molecule has 1 aromatic rings. The fourth-order valence-corrected chi connectivity index (χ4v) is 1.95. The van der Waals surface area contributed by atoms with Crippen molar-refractivity contribution in [2.45, 2.75) is 38.6 Å². The SMILES string of the molecule is CCC(N)Cc1ccc(OC)c(OCCCC(=O)NC)c1. The maximum absolute atomic E-state index is 11.1. The van der Waals surface area contributed by atoms with Gasteiger partial charge < -0.3 is 20.5 Å². The van der Waals surface area contributed by atoms with Gasteiger partial charge in [-0.25, -0.2) is 0 Å². The molecule has 0 fully saturated rings. The molecule has 0 aliphatic rings. The summed E-state index contributed by atoms with van der Waals surface area (Å²) in [5, 5.41) is 2.59. The standard InChI is InChI=1S/C16H26N2O3/c1-4-13(17)10-12-7-8-14(20-3)15(11-12)21-9-5-6-16(19)18-2/h7-8,11,13H,4-6,9-10,17H2,1-3H3,(H,18,19). The van der Waals surface area contributed by atoms with Gasteiger partial charge in [0.15, 0.2) is 11.5 Å². The predicted molar refractivity (Wildman–Crippen MR) is 83.8 cm³/mol. The Kier molecular flexibility index (Phi) is 7.61. The third-order valence-electron chi connectivity index (χ3n) is 3.33. The van der Waals surface area contributed by atoms with E-state index in [4.69, 9.17) is 15.2 Å². The van der Waals surface area contributed by atoms with Gasteiger partial charge in [0.25, 0.3) is 0 Å². The Balaban J connectivity index is 2.61. The van der Waals surface area contributed by atoms with Gasteiger partial charge in [0.05, 0.1) is 13.7 Å². The van der Waals surface area contributed by atoms with Crippen molar-refractivity contribution < 1.29 is 14.3 Å². The normalized spacial score (nSPS) is 11.8. The van der Waals surface area contributed by atoms with E-state index in [0.717, 1.165) is 18.4 Å². The van der Waals surface area contributed by atoms with Crippen LogP contribution in [0.1, 0.15) is 31.7 Å². The van der Waals surface area contributed by atoms with Crippen molar-refractivity contribution in [2.24, 2.45) is 5.73 Å². The first-order valence-electron chi connectivity index (χ1n) is 7.36. The Morgan fingerprint density at radius 3 is 2.76 bits per heavy atom. The molecule has 0 spiro atoms. The zero-order chi connectivity index (χ0) is 15.7. The molecule has 5 nitrogen and oxygen atoms in total. The van der Waals surface area contributed by atoms with Gasteiger partial charge in [0.2, 0.25) is 5.91 Å². The van der Waals surface area contributed by atoms with Crippen molar-refractivity contribution in [1.29, 1.82) is 0 Å². The third-order valence-corrected chi connectivity index (χ3v) is 3.33. The van der Waals surface area contributed by atoms with Crippen molar-refractivity contribution in [1.82, 2.24) is 5.32 Å². The first kappa shape index (κ1) is 17.3. The number of methoxy groups -OCH3 is 1. The molecule has 1 amide bonds. The fraction of sp³-hybridized carbons (Fsp3) is 0.562. The molecular formula is C16H26N2O3. The molecule has 0 aromatic heterocycles. The molecule has 0 aliphatic heterocycles. The number of nitrogens with two attached hydrogens (primary N) is 1. The van der Waals surface area contributed by atoms with Crippen LogP contribution in [-0.4, -0.2) is 32.7 Å². The minimum Gasteiger partial charge on any atom is -0.493 e.